The second-order valence-electron chi connectivity index (χ2n) is 5.55. The molecule has 4 rings (SSSR count). The molecule has 0 spiro atoms. The van der Waals surface area contributed by atoms with E-state index in [0.717, 1.165) is 40.2 Å². The Morgan fingerprint density at radius 1 is 1.21 bits per heavy atom. The maximum absolute atomic E-state index is 10.8. The predicted molar refractivity (Wildman–Crippen MR) is 95.5 cm³/mol. The van der Waals surface area contributed by atoms with Crippen LogP contribution in [-0.2, 0) is 6.42 Å². The van der Waals surface area contributed by atoms with E-state index in [4.69, 9.17) is 5.10 Å². The number of nitrogens with zero attached hydrogens (tertiary/aromatic N) is 3. The second kappa shape index (κ2) is 5.76. The summed E-state index contributed by atoms with van der Waals surface area (Å²) in [6, 6.07) is 14.5. The highest BCUT2D eigenvalue weighted by atomic mass is 79.9. The van der Waals surface area contributed by atoms with Crippen LogP contribution in [0.3, 0.4) is 0 Å². The number of rotatable bonds is 3. The number of fused-ring (bicyclic) bond motifs is 1. The fraction of sp³-hybridized carbons (Fsp3) is 0.118. The fourth-order valence-electron chi connectivity index (χ4n) is 2.94. The van der Waals surface area contributed by atoms with Crippen LogP contribution in [0.4, 0.5) is 11.5 Å². The molecule has 6 nitrogen and oxygen atoms in total. The van der Waals surface area contributed by atoms with Gasteiger partial charge in [-0.3, -0.25) is 10.1 Å². The molecule has 0 aliphatic carbocycles. The van der Waals surface area contributed by atoms with E-state index in [1.165, 1.54) is 17.7 Å². The van der Waals surface area contributed by atoms with Gasteiger partial charge < -0.3 is 5.32 Å². The summed E-state index contributed by atoms with van der Waals surface area (Å²) in [5.74, 6) is 0.957. The molecule has 0 saturated heterocycles. The molecule has 7 heteroatoms. The van der Waals surface area contributed by atoms with Crippen LogP contribution < -0.4 is 5.32 Å². The number of aromatic nitrogens is 2. The topological polar surface area (TPSA) is 73.0 Å². The molecule has 1 N–H and O–H groups in total. The minimum absolute atomic E-state index is 0.0720. The maximum Gasteiger partial charge on any atom is 0.269 e. The number of nitrogens with one attached hydrogen (secondary N) is 1. The van der Waals surface area contributed by atoms with Crippen molar-refractivity contribution in [1.82, 2.24) is 9.78 Å². The smallest absolute Gasteiger partial charge is 0.269 e. The molecular formula is C17H13BrN4O2. The van der Waals surface area contributed by atoms with Crippen molar-refractivity contribution in [1.29, 1.82) is 0 Å². The SMILES string of the molecule is O=[N+]([O-])c1ccc(-n2nc(-c3cccc(Br)c3)c3c2NCC3)cc1. The van der Waals surface area contributed by atoms with Gasteiger partial charge in [0.25, 0.3) is 5.69 Å². The van der Waals surface area contributed by atoms with Gasteiger partial charge >= 0.3 is 0 Å². The third kappa shape index (κ3) is 2.46. The van der Waals surface area contributed by atoms with E-state index in [1.54, 1.807) is 12.1 Å². The second-order valence-corrected chi connectivity index (χ2v) is 6.46. The Hall–Kier alpha value is -2.67. The van der Waals surface area contributed by atoms with Gasteiger partial charge in [-0.2, -0.15) is 5.10 Å². The van der Waals surface area contributed by atoms with E-state index in [0.29, 0.717) is 0 Å². The first kappa shape index (κ1) is 14.9. The molecule has 0 amide bonds. The Bertz CT molecular complexity index is 934. The summed E-state index contributed by atoms with van der Waals surface area (Å²) in [7, 11) is 0. The summed E-state index contributed by atoms with van der Waals surface area (Å²) < 4.78 is 2.83. The number of hydrogen-bond acceptors (Lipinski definition) is 4. The maximum atomic E-state index is 10.8. The summed E-state index contributed by atoms with van der Waals surface area (Å²) in [4.78, 5) is 10.4. The van der Waals surface area contributed by atoms with E-state index >= 15 is 0 Å². The van der Waals surface area contributed by atoms with Gasteiger partial charge in [0.2, 0.25) is 0 Å². The Morgan fingerprint density at radius 3 is 2.71 bits per heavy atom. The molecule has 1 aliphatic heterocycles. The highest BCUT2D eigenvalue weighted by Crippen LogP contribution is 2.35. The van der Waals surface area contributed by atoms with Gasteiger partial charge in [-0.25, -0.2) is 4.68 Å². The van der Waals surface area contributed by atoms with Crippen LogP contribution in [0, 0.1) is 10.1 Å². The molecule has 3 aromatic rings. The average molecular weight is 385 g/mol. The van der Waals surface area contributed by atoms with Crippen LogP contribution >= 0.6 is 15.9 Å². The summed E-state index contributed by atoms with van der Waals surface area (Å²) >= 11 is 3.50. The van der Waals surface area contributed by atoms with Crippen LogP contribution in [0.2, 0.25) is 0 Å². The molecule has 0 atom stereocenters. The van der Waals surface area contributed by atoms with Gasteiger partial charge in [0.15, 0.2) is 0 Å². The van der Waals surface area contributed by atoms with Gasteiger partial charge in [0, 0.05) is 34.3 Å². The molecule has 2 heterocycles. The number of anilines is 1. The van der Waals surface area contributed by atoms with Crippen molar-refractivity contribution in [3.05, 3.63) is 68.7 Å². The van der Waals surface area contributed by atoms with Crippen LogP contribution in [0.15, 0.2) is 53.0 Å². The highest BCUT2D eigenvalue weighted by molar-refractivity contribution is 9.10. The zero-order chi connectivity index (χ0) is 16.7. The Kier molecular flexibility index (Phi) is 3.57. The number of nitro benzene ring substituents is 1. The molecule has 0 fully saturated rings. The van der Waals surface area contributed by atoms with Crippen LogP contribution in [0.5, 0.6) is 0 Å². The van der Waals surface area contributed by atoms with Crippen molar-refractivity contribution in [3.63, 3.8) is 0 Å². The zero-order valence-corrected chi connectivity index (χ0v) is 14.2. The Balaban J connectivity index is 1.83. The van der Waals surface area contributed by atoms with Gasteiger partial charge in [-0.1, -0.05) is 28.1 Å². The Morgan fingerprint density at radius 2 is 2.00 bits per heavy atom. The van der Waals surface area contributed by atoms with Crippen molar-refractivity contribution in [2.24, 2.45) is 0 Å². The van der Waals surface area contributed by atoms with Crippen LogP contribution in [0.25, 0.3) is 16.9 Å². The number of nitro groups is 1. The molecule has 2 aromatic carbocycles. The summed E-state index contributed by atoms with van der Waals surface area (Å²) in [6.07, 6.45) is 0.907. The van der Waals surface area contributed by atoms with E-state index in [-0.39, 0.29) is 5.69 Å². The lowest BCUT2D eigenvalue weighted by Gasteiger charge is -2.06. The first-order valence-electron chi connectivity index (χ1n) is 7.50. The summed E-state index contributed by atoms with van der Waals surface area (Å²) in [6.45, 7) is 0.862. The molecule has 0 bridgehead atoms. The van der Waals surface area contributed by atoms with E-state index in [1.807, 2.05) is 28.9 Å². The van der Waals surface area contributed by atoms with E-state index in [9.17, 15) is 10.1 Å². The quantitative estimate of drug-likeness (QED) is 0.542. The highest BCUT2D eigenvalue weighted by Gasteiger charge is 2.24. The molecule has 24 heavy (non-hydrogen) atoms. The third-order valence-electron chi connectivity index (χ3n) is 4.05. The molecular weight excluding hydrogens is 372 g/mol. The number of non-ortho nitro benzene ring substituents is 1. The number of hydrogen-bond donors (Lipinski definition) is 1. The summed E-state index contributed by atoms with van der Waals surface area (Å²) in [5, 5.41) is 18.9. The molecule has 0 unspecified atom stereocenters. The summed E-state index contributed by atoms with van der Waals surface area (Å²) in [5.41, 5.74) is 4.03. The lowest BCUT2D eigenvalue weighted by Crippen LogP contribution is -2.04. The lowest BCUT2D eigenvalue weighted by molar-refractivity contribution is -0.384. The van der Waals surface area contributed by atoms with Gasteiger partial charge in [0.1, 0.15) is 5.82 Å². The van der Waals surface area contributed by atoms with Crippen molar-refractivity contribution in [2.45, 2.75) is 6.42 Å². The molecule has 0 radical (unpaired) electrons. The van der Waals surface area contributed by atoms with Crippen molar-refractivity contribution >= 4 is 27.4 Å². The fourth-order valence-corrected chi connectivity index (χ4v) is 3.34. The van der Waals surface area contributed by atoms with Crippen LogP contribution in [-0.4, -0.2) is 21.2 Å². The molecule has 120 valence electrons. The lowest BCUT2D eigenvalue weighted by atomic mass is 10.1. The predicted octanol–water partition coefficient (Wildman–Crippen LogP) is 4.18. The van der Waals surface area contributed by atoms with Gasteiger partial charge in [-0.15, -0.1) is 0 Å². The molecule has 1 aliphatic rings. The third-order valence-corrected chi connectivity index (χ3v) is 4.55. The van der Waals surface area contributed by atoms with Crippen molar-refractivity contribution in [2.75, 3.05) is 11.9 Å². The van der Waals surface area contributed by atoms with Crippen LogP contribution in [0.1, 0.15) is 5.56 Å². The monoisotopic (exact) mass is 384 g/mol. The first-order chi connectivity index (χ1) is 11.6. The number of benzene rings is 2. The van der Waals surface area contributed by atoms with Gasteiger partial charge in [-0.05, 0) is 30.7 Å². The molecule has 0 saturated carbocycles. The van der Waals surface area contributed by atoms with Crippen molar-refractivity contribution in [3.8, 4) is 16.9 Å². The van der Waals surface area contributed by atoms with E-state index in [2.05, 4.69) is 21.2 Å². The zero-order valence-electron chi connectivity index (χ0n) is 12.6. The molecule has 1 aromatic heterocycles. The first-order valence-corrected chi connectivity index (χ1v) is 8.29. The minimum atomic E-state index is -0.400. The largest absolute Gasteiger partial charge is 0.369 e. The van der Waals surface area contributed by atoms with Crippen molar-refractivity contribution < 1.29 is 4.92 Å². The normalized spacial score (nSPS) is 12.7. The average Bonchev–Trinajstić information content (AvgIpc) is 3.17. The van der Waals surface area contributed by atoms with Gasteiger partial charge in [0.05, 0.1) is 16.3 Å². The van der Waals surface area contributed by atoms with E-state index < -0.39 is 4.92 Å². The Labute approximate surface area is 146 Å². The minimum Gasteiger partial charge on any atom is -0.369 e. The standard InChI is InChI=1S/C17H13BrN4O2/c18-12-3-1-2-11(10-12)16-15-8-9-19-17(15)21(20-16)13-4-6-14(7-5-13)22(23)24/h1-7,10,19H,8-9H2. The number of halogens is 1.